The van der Waals surface area contributed by atoms with E-state index in [9.17, 15) is 0 Å². The molecule has 0 aromatic heterocycles. The van der Waals surface area contributed by atoms with E-state index < -0.39 is 0 Å². The largest absolute Gasteiger partial charge is 0.151 e. The molecule has 56 valence electrons. The molecule has 0 aliphatic heterocycles. The number of rotatable bonds is 3. The molecule has 0 bridgehead atoms. The average molecular weight is 172 g/mol. The van der Waals surface area contributed by atoms with Crippen LogP contribution in [0.3, 0.4) is 0 Å². The third-order valence-electron chi connectivity index (χ3n) is 1.19. The minimum Gasteiger partial charge on any atom is -0.151 e. The predicted molar refractivity (Wildman–Crippen MR) is 54.6 cm³/mol. The zero-order valence-electron chi connectivity index (χ0n) is 6.04. The molecular formula is C8H12S2. The number of thiol groups is 2. The summed E-state index contributed by atoms with van der Waals surface area (Å²) >= 11 is 8.17. The molecule has 0 saturated heterocycles. The highest BCUT2D eigenvalue weighted by molar-refractivity contribution is 7.85. The van der Waals surface area contributed by atoms with E-state index in [1.807, 2.05) is 12.2 Å². The topological polar surface area (TPSA) is 0 Å². The highest BCUT2D eigenvalue weighted by Gasteiger charge is 1.90. The molecule has 0 fully saturated rings. The van der Waals surface area contributed by atoms with Crippen molar-refractivity contribution in [2.75, 3.05) is 0 Å². The Morgan fingerprint density at radius 2 is 2.20 bits per heavy atom. The van der Waals surface area contributed by atoms with Gasteiger partial charge in [0.25, 0.3) is 0 Å². The second kappa shape index (κ2) is 5.69. The van der Waals surface area contributed by atoms with Gasteiger partial charge in [-0.1, -0.05) is 19.6 Å². The van der Waals surface area contributed by atoms with Crippen molar-refractivity contribution in [3.8, 4) is 0 Å². The van der Waals surface area contributed by atoms with Crippen LogP contribution in [-0.2, 0) is 0 Å². The van der Waals surface area contributed by atoms with Crippen LogP contribution >= 0.6 is 25.3 Å². The molecule has 10 heavy (non-hydrogen) atoms. The summed E-state index contributed by atoms with van der Waals surface area (Å²) < 4.78 is 0. The van der Waals surface area contributed by atoms with Crippen LogP contribution in [0.4, 0.5) is 0 Å². The fourth-order valence-electron chi connectivity index (χ4n) is 0.608. The van der Waals surface area contributed by atoms with E-state index in [1.165, 1.54) is 0 Å². The van der Waals surface area contributed by atoms with Crippen LogP contribution < -0.4 is 0 Å². The zero-order valence-corrected chi connectivity index (χ0v) is 7.83. The van der Waals surface area contributed by atoms with Crippen molar-refractivity contribution in [2.45, 2.75) is 13.3 Å². The first-order valence-electron chi connectivity index (χ1n) is 3.11. The number of allylic oxidation sites excluding steroid dienone is 3. The maximum absolute atomic E-state index is 4.24. The summed E-state index contributed by atoms with van der Waals surface area (Å²) in [7, 11) is 0. The molecule has 0 spiro atoms. The van der Waals surface area contributed by atoms with Crippen molar-refractivity contribution < 1.29 is 0 Å². The minimum absolute atomic E-state index is 0.938. The van der Waals surface area contributed by atoms with Gasteiger partial charge in [0, 0.05) is 4.91 Å². The van der Waals surface area contributed by atoms with Crippen LogP contribution in [0, 0.1) is 0 Å². The van der Waals surface area contributed by atoms with Gasteiger partial charge in [0.15, 0.2) is 0 Å². The van der Waals surface area contributed by atoms with Gasteiger partial charge in [0.2, 0.25) is 0 Å². The van der Waals surface area contributed by atoms with Crippen LogP contribution in [0.2, 0.25) is 0 Å². The van der Waals surface area contributed by atoms with Gasteiger partial charge in [-0.15, -0.1) is 12.6 Å². The Morgan fingerprint density at radius 1 is 1.60 bits per heavy atom. The van der Waals surface area contributed by atoms with Crippen LogP contribution in [0.5, 0.6) is 0 Å². The van der Waals surface area contributed by atoms with E-state index in [-0.39, 0.29) is 0 Å². The molecule has 0 amide bonds. The first-order chi connectivity index (χ1) is 4.76. The molecule has 0 nitrogen and oxygen atoms in total. The van der Waals surface area contributed by atoms with Crippen LogP contribution in [0.25, 0.3) is 0 Å². The molecule has 0 saturated carbocycles. The van der Waals surface area contributed by atoms with Gasteiger partial charge in [-0.3, -0.25) is 0 Å². The molecule has 0 aliphatic rings. The maximum Gasteiger partial charge on any atom is 0.00767 e. The lowest BCUT2D eigenvalue weighted by Crippen LogP contribution is -1.76. The summed E-state index contributed by atoms with van der Waals surface area (Å²) in [6.07, 6.45) is 4.61. The van der Waals surface area contributed by atoms with Crippen molar-refractivity contribution in [1.29, 1.82) is 0 Å². The normalized spacial score (nSPS) is 13.5. The number of hydrogen-bond donors (Lipinski definition) is 2. The number of hydrogen-bond acceptors (Lipinski definition) is 2. The van der Waals surface area contributed by atoms with E-state index in [1.54, 1.807) is 5.41 Å². The molecule has 0 unspecified atom stereocenters. The predicted octanol–water partition coefficient (Wildman–Crippen LogP) is 3.21. The standard InChI is InChI=1S/C8H12S2/c1-3-7(4-2)8(10)5-6-9/h3,5-6,9-10H,1,4H2,2H3/b6-5-,8-7+. The molecule has 0 aromatic rings. The van der Waals surface area contributed by atoms with Crippen molar-refractivity contribution in [2.24, 2.45) is 0 Å². The first-order valence-corrected chi connectivity index (χ1v) is 4.08. The van der Waals surface area contributed by atoms with Gasteiger partial charge >= 0.3 is 0 Å². The summed E-state index contributed by atoms with van der Waals surface area (Å²) in [4.78, 5) is 0.938. The SMILES string of the molecule is C=C/C(CC)=C(S)/C=C\S. The second-order valence-corrected chi connectivity index (χ2v) is 2.56. The van der Waals surface area contributed by atoms with Crippen molar-refractivity contribution in [3.05, 3.63) is 34.6 Å². The van der Waals surface area contributed by atoms with Crippen LogP contribution in [0.15, 0.2) is 34.6 Å². The Hall–Kier alpha value is -0.0800. The molecule has 0 N–H and O–H groups in total. The first kappa shape index (κ1) is 9.92. The Balaban J connectivity index is 4.42. The lowest BCUT2D eigenvalue weighted by molar-refractivity contribution is 1.15. The molecule has 0 radical (unpaired) electrons. The molecule has 0 aliphatic carbocycles. The minimum atomic E-state index is 0.938. The Kier molecular flexibility index (Phi) is 5.64. The summed E-state index contributed by atoms with van der Waals surface area (Å²) in [6.45, 7) is 5.74. The van der Waals surface area contributed by atoms with Crippen LogP contribution in [0.1, 0.15) is 13.3 Å². The molecule has 2 heteroatoms. The van der Waals surface area contributed by atoms with E-state index in [0.717, 1.165) is 16.9 Å². The average Bonchev–Trinajstić information content (AvgIpc) is 1.91. The fraction of sp³-hybridized carbons (Fsp3) is 0.250. The van der Waals surface area contributed by atoms with E-state index in [4.69, 9.17) is 0 Å². The van der Waals surface area contributed by atoms with Gasteiger partial charge in [0.05, 0.1) is 0 Å². The molecule has 0 heterocycles. The van der Waals surface area contributed by atoms with Gasteiger partial charge in [-0.2, -0.15) is 12.6 Å². The molecule has 0 atom stereocenters. The quantitative estimate of drug-likeness (QED) is 0.474. The summed E-state index contributed by atoms with van der Waals surface area (Å²) in [5, 5.41) is 1.67. The Labute approximate surface area is 73.5 Å². The highest BCUT2D eigenvalue weighted by Crippen LogP contribution is 2.14. The lowest BCUT2D eigenvalue weighted by atomic mass is 10.2. The van der Waals surface area contributed by atoms with Gasteiger partial charge in [-0.25, -0.2) is 0 Å². The molecule has 0 rings (SSSR count). The second-order valence-electron chi connectivity index (χ2n) is 1.78. The Morgan fingerprint density at radius 3 is 2.50 bits per heavy atom. The third kappa shape index (κ3) is 3.18. The van der Waals surface area contributed by atoms with Gasteiger partial charge in [0.1, 0.15) is 0 Å². The van der Waals surface area contributed by atoms with Gasteiger partial charge < -0.3 is 0 Å². The third-order valence-corrected chi connectivity index (χ3v) is 1.77. The van der Waals surface area contributed by atoms with E-state index in [2.05, 4.69) is 38.8 Å². The zero-order chi connectivity index (χ0) is 7.98. The van der Waals surface area contributed by atoms with Crippen LogP contribution in [-0.4, -0.2) is 0 Å². The smallest absolute Gasteiger partial charge is 0.00767 e. The fourth-order valence-corrected chi connectivity index (χ4v) is 1.20. The summed E-state index contributed by atoms with van der Waals surface area (Å²) in [6, 6.07) is 0. The van der Waals surface area contributed by atoms with Crippen molar-refractivity contribution >= 4 is 25.3 Å². The van der Waals surface area contributed by atoms with Gasteiger partial charge in [-0.05, 0) is 23.5 Å². The Bertz CT molecular complexity index is 166. The van der Waals surface area contributed by atoms with E-state index in [0.29, 0.717) is 0 Å². The van der Waals surface area contributed by atoms with Crippen molar-refractivity contribution in [3.63, 3.8) is 0 Å². The molecular weight excluding hydrogens is 160 g/mol. The lowest BCUT2D eigenvalue weighted by Gasteiger charge is -1.97. The van der Waals surface area contributed by atoms with Crippen molar-refractivity contribution in [1.82, 2.24) is 0 Å². The molecule has 0 aromatic carbocycles. The van der Waals surface area contributed by atoms with E-state index >= 15 is 0 Å². The highest BCUT2D eigenvalue weighted by atomic mass is 32.1. The summed E-state index contributed by atoms with van der Waals surface area (Å²) in [5.74, 6) is 0. The summed E-state index contributed by atoms with van der Waals surface area (Å²) in [5.41, 5.74) is 1.15. The monoisotopic (exact) mass is 172 g/mol. The maximum atomic E-state index is 4.24.